The van der Waals surface area contributed by atoms with E-state index in [4.69, 9.17) is 4.42 Å². The van der Waals surface area contributed by atoms with E-state index < -0.39 is 0 Å². The maximum atomic E-state index is 12.9. The average Bonchev–Trinajstić information content (AvgIpc) is 3.29. The molecule has 5 heteroatoms. The monoisotopic (exact) mass is 367 g/mol. The highest BCUT2D eigenvalue weighted by atomic mass is 16.4. The molecule has 0 atom stereocenters. The average molecular weight is 367 g/mol. The van der Waals surface area contributed by atoms with Crippen LogP contribution in [0, 0.1) is 6.92 Å². The van der Waals surface area contributed by atoms with Crippen molar-refractivity contribution in [2.75, 3.05) is 44.2 Å². The summed E-state index contributed by atoms with van der Waals surface area (Å²) < 4.78 is 5.89. The van der Waals surface area contributed by atoms with Gasteiger partial charge in [0.25, 0.3) is 5.91 Å². The van der Waals surface area contributed by atoms with Gasteiger partial charge < -0.3 is 14.2 Å². The van der Waals surface area contributed by atoms with Crippen LogP contribution in [0.5, 0.6) is 0 Å². The smallest absolute Gasteiger partial charge is 0.289 e. The van der Waals surface area contributed by atoms with E-state index in [0.29, 0.717) is 5.76 Å². The number of hydrogen-bond donors (Lipinski definition) is 0. The standard InChI is InChI=1S/C22H29N3O2/c1-18-7-2-3-8-20(18)24-13-6-14-25(16-15-24)22(26)21-10-9-19(27-21)17-23-11-4-5-12-23/h2-3,7-10H,4-6,11-17H2,1H3. The minimum Gasteiger partial charge on any atom is -0.455 e. The molecule has 0 unspecified atom stereocenters. The molecule has 0 N–H and O–H groups in total. The van der Waals surface area contributed by atoms with Crippen molar-refractivity contribution in [2.24, 2.45) is 0 Å². The number of anilines is 1. The van der Waals surface area contributed by atoms with Gasteiger partial charge in [0.2, 0.25) is 0 Å². The van der Waals surface area contributed by atoms with Crippen molar-refractivity contribution in [2.45, 2.75) is 32.7 Å². The van der Waals surface area contributed by atoms with Gasteiger partial charge >= 0.3 is 0 Å². The van der Waals surface area contributed by atoms with Crippen LogP contribution in [0.1, 0.15) is 41.1 Å². The number of likely N-dealkylation sites (tertiary alicyclic amines) is 1. The first-order valence-corrected chi connectivity index (χ1v) is 10.1. The molecule has 4 rings (SSSR count). The van der Waals surface area contributed by atoms with Gasteiger partial charge in [-0.2, -0.15) is 0 Å². The summed E-state index contributed by atoms with van der Waals surface area (Å²) in [6, 6.07) is 12.3. The number of rotatable bonds is 4. The van der Waals surface area contributed by atoms with Crippen LogP contribution in [0.25, 0.3) is 0 Å². The molecular formula is C22H29N3O2. The molecule has 5 nitrogen and oxygen atoms in total. The third kappa shape index (κ3) is 4.19. The Hall–Kier alpha value is -2.27. The molecule has 0 bridgehead atoms. The Morgan fingerprint density at radius 2 is 1.74 bits per heavy atom. The summed E-state index contributed by atoms with van der Waals surface area (Å²) in [5.74, 6) is 1.40. The summed E-state index contributed by atoms with van der Waals surface area (Å²) in [5.41, 5.74) is 2.56. The van der Waals surface area contributed by atoms with Gasteiger partial charge in [-0.1, -0.05) is 18.2 Å². The second-order valence-electron chi connectivity index (χ2n) is 7.67. The molecule has 2 aromatic rings. The molecule has 1 amide bonds. The van der Waals surface area contributed by atoms with Crippen LogP contribution in [0.15, 0.2) is 40.8 Å². The molecule has 0 radical (unpaired) electrons. The molecule has 2 saturated heterocycles. The van der Waals surface area contributed by atoms with E-state index in [1.54, 1.807) is 0 Å². The van der Waals surface area contributed by atoms with Gasteiger partial charge in [-0.25, -0.2) is 0 Å². The van der Waals surface area contributed by atoms with Gasteiger partial charge in [0.1, 0.15) is 5.76 Å². The fourth-order valence-electron chi connectivity index (χ4n) is 4.17. The predicted octanol–water partition coefficient (Wildman–Crippen LogP) is 3.54. The van der Waals surface area contributed by atoms with Crippen molar-refractivity contribution in [3.8, 4) is 0 Å². The second kappa shape index (κ2) is 8.17. The summed E-state index contributed by atoms with van der Waals surface area (Å²) in [6.07, 6.45) is 3.50. The Bertz CT molecular complexity index is 779. The van der Waals surface area contributed by atoms with Crippen molar-refractivity contribution in [1.29, 1.82) is 0 Å². The van der Waals surface area contributed by atoms with E-state index in [1.807, 2.05) is 17.0 Å². The van der Waals surface area contributed by atoms with Crippen molar-refractivity contribution in [3.05, 3.63) is 53.5 Å². The normalized spacial score (nSPS) is 18.7. The number of carbonyl (C=O) groups is 1. The van der Waals surface area contributed by atoms with Crippen LogP contribution in [0.4, 0.5) is 5.69 Å². The largest absolute Gasteiger partial charge is 0.455 e. The Kier molecular flexibility index (Phi) is 5.48. The summed E-state index contributed by atoms with van der Waals surface area (Å²) in [5, 5.41) is 0. The Labute approximate surface area is 161 Å². The topological polar surface area (TPSA) is 39.9 Å². The fourth-order valence-corrected chi connectivity index (χ4v) is 4.17. The third-order valence-corrected chi connectivity index (χ3v) is 5.69. The van der Waals surface area contributed by atoms with Gasteiger partial charge in [0.15, 0.2) is 5.76 Å². The van der Waals surface area contributed by atoms with Crippen LogP contribution >= 0.6 is 0 Å². The highest BCUT2D eigenvalue weighted by Crippen LogP contribution is 2.22. The number of amides is 1. The summed E-state index contributed by atoms with van der Waals surface area (Å²) in [6.45, 7) is 8.57. The molecule has 0 spiro atoms. The number of carbonyl (C=O) groups excluding carboxylic acids is 1. The van der Waals surface area contributed by atoms with E-state index in [-0.39, 0.29) is 5.91 Å². The molecule has 0 aliphatic carbocycles. The number of hydrogen-bond acceptors (Lipinski definition) is 4. The summed E-state index contributed by atoms with van der Waals surface area (Å²) in [4.78, 5) is 19.6. The zero-order valence-electron chi connectivity index (χ0n) is 16.2. The second-order valence-corrected chi connectivity index (χ2v) is 7.67. The molecule has 27 heavy (non-hydrogen) atoms. The van der Waals surface area contributed by atoms with Crippen LogP contribution in [0.3, 0.4) is 0 Å². The number of para-hydroxylation sites is 1. The number of aryl methyl sites for hydroxylation is 1. The van der Waals surface area contributed by atoms with E-state index in [1.165, 1.54) is 24.1 Å². The number of furan rings is 1. The highest BCUT2D eigenvalue weighted by Gasteiger charge is 2.24. The van der Waals surface area contributed by atoms with Gasteiger partial charge in [-0.05, 0) is 63.0 Å². The third-order valence-electron chi connectivity index (χ3n) is 5.69. The Morgan fingerprint density at radius 1 is 0.926 bits per heavy atom. The lowest BCUT2D eigenvalue weighted by molar-refractivity contribution is 0.0731. The summed E-state index contributed by atoms with van der Waals surface area (Å²) >= 11 is 0. The van der Waals surface area contributed by atoms with E-state index >= 15 is 0 Å². The predicted molar refractivity (Wildman–Crippen MR) is 107 cm³/mol. The minimum atomic E-state index is 0.0225. The molecular weight excluding hydrogens is 338 g/mol. The lowest BCUT2D eigenvalue weighted by Gasteiger charge is -2.25. The highest BCUT2D eigenvalue weighted by molar-refractivity contribution is 5.91. The van der Waals surface area contributed by atoms with Crippen molar-refractivity contribution >= 4 is 11.6 Å². The molecule has 1 aromatic heterocycles. The maximum Gasteiger partial charge on any atom is 0.289 e. The minimum absolute atomic E-state index is 0.0225. The van der Waals surface area contributed by atoms with Gasteiger partial charge in [0, 0.05) is 31.9 Å². The summed E-state index contributed by atoms with van der Waals surface area (Å²) in [7, 11) is 0. The Balaban J connectivity index is 1.38. The molecule has 3 heterocycles. The fraction of sp³-hybridized carbons (Fsp3) is 0.500. The van der Waals surface area contributed by atoms with E-state index in [0.717, 1.165) is 58.0 Å². The SMILES string of the molecule is Cc1ccccc1N1CCCN(C(=O)c2ccc(CN3CCCC3)o2)CC1. The zero-order valence-corrected chi connectivity index (χ0v) is 16.2. The van der Waals surface area contributed by atoms with Crippen LogP contribution in [0.2, 0.25) is 0 Å². The molecule has 1 aromatic carbocycles. The van der Waals surface area contributed by atoms with E-state index in [2.05, 4.69) is 41.0 Å². The molecule has 2 fully saturated rings. The lowest BCUT2D eigenvalue weighted by Crippen LogP contribution is -2.35. The van der Waals surface area contributed by atoms with E-state index in [9.17, 15) is 4.79 Å². The molecule has 144 valence electrons. The van der Waals surface area contributed by atoms with Crippen LogP contribution in [-0.2, 0) is 6.54 Å². The van der Waals surface area contributed by atoms with Gasteiger partial charge in [-0.3, -0.25) is 9.69 Å². The molecule has 2 aliphatic heterocycles. The van der Waals surface area contributed by atoms with Gasteiger partial charge in [0.05, 0.1) is 6.54 Å². The lowest BCUT2D eigenvalue weighted by atomic mass is 10.2. The Morgan fingerprint density at radius 3 is 2.56 bits per heavy atom. The van der Waals surface area contributed by atoms with Crippen molar-refractivity contribution < 1.29 is 9.21 Å². The number of benzene rings is 1. The molecule has 0 saturated carbocycles. The number of nitrogens with zero attached hydrogens (tertiary/aromatic N) is 3. The van der Waals surface area contributed by atoms with Crippen LogP contribution < -0.4 is 4.90 Å². The first-order chi connectivity index (χ1) is 13.2. The maximum absolute atomic E-state index is 12.9. The quantitative estimate of drug-likeness (QED) is 0.829. The zero-order chi connectivity index (χ0) is 18.6. The van der Waals surface area contributed by atoms with Crippen molar-refractivity contribution in [3.63, 3.8) is 0 Å². The first kappa shape index (κ1) is 18.1. The van der Waals surface area contributed by atoms with Crippen molar-refractivity contribution in [1.82, 2.24) is 9.80 Å². The van der Waals surface area contributed by atoms with Gasteiger partial charge in [-0.15, -0.1) is 0 Å². The van der Waals surface area contributed by atoms with Crippen LogP contribution in [-0.4, -0.2) is 55.0 Å². The molecule has 2 aliphatic rings. The first-order valence-electron chi connectivity index (χ1n) is 10.1.